The standard InChI is InChI=1S/C23H35N3O7/c1-7-8-13-26(21(30)15(2)25-22(31)33-23(3,4)5)19(16-11-9-10-12-17(16)27)20(29)24-14-18(28)32-6/h9-12,15,19,27H,7-8,13-14H2,1-6H3,(H,24,29)(H,25,31). The van der Waals surface area contributed by atoms with E-state index in [4.69, 9.17) is 4.74 Å². The molecule has 2 unspecified atom stereocenters. The topological polar surface area (TPSA) is 134 Å². The van der Waals surface area contributed by atoms with Crippen molar-refractivity contribution in [2.24, 2.45) is 0 Å². The van der Waals surface area contributed by atoms with Gasteiger partial charge < -0.3 is 30.1 Å². The number of unbranched alkanes of at least 4 members (excludes halogenated alkanes) is 1. The Morgan fingerprint density at radius 3 is 2.33 bits per heavy atom. The number of carbonyl (C=O) groups is 4. The number of para-hydroxylation sites is 1. The van der Waals surface area contributed by atoms with Crippen LogP contribution in [0.1, 0.15) is 59.1 Å². The first-order valence-corrected chi connectivity index (χ1v) is 10.8. The number of nitrogens with one attached hydrogen (secondary N) is 2. The van der Waals surface area contributed by atoms with Crippen LogP contribution in [0.2, 0.25) is 0 Å². The number of ether oxygens (including phenoxy) is 2. The second-order valence-corrected chi connectivity index (χ2v) is 8.51. The molecular weight excluding hydrogens is 430 g/mol. The van der Waals surface area contributed by atoms with Crippen molar-refractivity contribution in [1.29, 1.82) is 0 Å². The van der Waals surface area contributed by atoms with Gasteiger partial charge in [-0.1, -0.05) is 31.5 Å². The third kappa shape index (κ3) is 8.99. The summed E-state index contributed by atoms with van der Waals surface area (Å²) in [6, 6.07) is 3.89. The third-order valence-corrected chi connectivity index (χ3v) is 4.57. The number of hydrogen-bond acceptors (Lipinski definition) is 7. The van der Waals surface area contributed by atoms with Gasteiger partial charge in [-0.05, 0) is 40.2 Å². The highest BCUT2D eigenvalue weighted by Gasteiger charge is 2.35. The lowest BCUT2D eigenvalue weighted by Gasteiger charge is -2.33. The summed E-state index contributed by atoms with van der Waals surface area (Å²) >= 11 is 0. The average molecular weight is 466 g/mol. The molecule has 0 radical (unpaired) electrons. The minimum absolute atomic E-state index is 0.181. The van der Waals surface area contributed by atoms with Crippen molar-refractivity contribution in [2.75, 3.05) is 20.2 Å². The molecule has 1 aromatic rings. The normalized spacial score (nSPS) is 12.8. The fourth-order valence-electron chi connectivity index (χ4n) is 2.99. The number of alkyl carbamates (subject to hydrolysis) is 1. The molecule has 10 heteroatoms. The van der Waals surface area contributed by atoms with Crippen molar-refractivity contribution >= 4 is 23.9 Å². The molecule has 3 amide bonds. The molecule has 0 aromatic heterocycles. The maximum Gasteiger partial charge on any atom is 0.408 e. The lowest BCUT2D eigenvalue weighted by Crippen LogP contribution is -2.52. The van der Waals surface area contributed by atoms with Gasteiger partial charge in [-0.15, -0.1) is 0 Å². The van der Waals surface area contributed by atoms with E-state index in [2.05, 4.69) is 15.4 Å². The van der Waals surface area contributed by atoms with Crippen LogP contribution < -0.4 is 10.6 Å². The molecule has 0 saturated carbocycles. The van der Waals surface area contributed by atoms with Crippen LogP contribution in [0, 0.1) is 0 Å². The molecule has 1 rings (SSSR count). The van der Waals surface area contributed by atoms with Crippen molar-refractivity contribution in [3.8, 4) is 5.75 Å². The maximum atomic E-state index is 13.4. The third-order valence-electron chi connectivity index (χ3n) is 4.57. The van der Waals surface area contributed by atoms with Crippen molar-refractivity contribution in [3.05, 3.63) is 29.8 Å². The van der Waals surface area contributed by atoms with E-state index < -0.39 is 48.1 Å². The fourth-order valence-corrected chi connectivity index (χ4v) is 2.99. The van der Waals surface area contributed by atoms with E-state index in [1.807, 2.05) is 6.92 Å². The highest BCUT2D eigenvalue weighted by Crippen LogP contribution is 2.30. The SMILES string of the molecule is CCCCN(C(=O)C(C)NC(=O)OC(C)(C)C)C(C(=O)NCC(=O)OC)c1ccccc1O. The van der Waals surface area contributed by atoms with Crippen LogP contribution >= 0.6 is 0 Å². The molecule has 3 N–H and O–H groups in total. The summed E-state index contributed by atoms with van der Waals surface area (Å²) in [7, 11) is 1.19. The first-order valence-electron chi connectivity index (χ1n) is 10.8. The highest BCUT2D eigenvalue weighted by molar-refractivity contribution is 5.93. The van der Waals surface area contributed by atoms with Gasteiger partial charge in [0.25, 0.3) is 0 Å². The molecule has 0 heterocycles. The summed E-state index contributed by atoms with van der Waals surface area (Å²) in [4.78, 5) is 51.5. The number of phenolic OH excluding ortho intramolecular Hbond substituents is 1. The second-order valence-electron chi connectivity index (χ2n) is 8.51. The number of methoxy groups -OCH3 is 1. The van der Waals surface area contributed by atoms with Gasteiger partial charge in [-0.3, -0.25) is 14.4 Å². The van der Waals surface area contributed by atoms with Crippen molar-refractivity contribution in [3.63, 3.8) is 0 Å². The van der Waals surface area contributed by atoms with Crippen molar-refractivity contribution in [1.82, 2.24) is 15.5 Å². The summed E-state index contributed by atoms with van der Waals surface area (Å²) in [5.41, 5.74) is -0.560. The molecule has 0 bridgehead atoms. The average Bonchev–Trinajstić information content (AvgIpc) is 2.73. The Balaban J connectivity index is 3.28. The van der Waals surface area contributed by atoms with Crippen LogP contribution in [0.5, 0.6) is 5.75 Å². The van der Waals surface area contributed by atoms with Gasteiger partial charge in [0.05, 0.1) is 7.11 Å². The maximum absolute atomic E-state index is 13.4. The van der Waals surface area contributed by atoms with Crippen LogP contribution in [0.3, 0.4) is 0 Å². The summed E-state index contributed by atoms with van der Waals surface area (Å²) in [6.45, 7) is 8.30. The Hall–Kier alpha value is -3.30. The first kappa shape index (κ1) is 27.7. The van der Waals surface area contributed by atoms with E-state index in [1.54, 1.807) is 32.9 Å². The molecule has 0 spiro atoms. The number of carbonyl (C=O) groups excluding carboxylic acids is 4. The first-order chi connectivity index (χ1) is 15.4. The highest BCUT2D eigenvalue weighted by atomic mass is 16.6. The van der Waals surface area contributed by atoms with E-state index in [0.29, 0.717) is 6.42 Å². The van der Waals surface area contributed by atoms with Gasteiger partial charge in [0, 0.05) is 12.1 Å². The number of esters is 1. The number of phenols is 1. The van der Waals surface area contributed by atoms with Gasteiger partial charge in [0.15, 0.2) is 0 Å². The molecule has 0 aliphatic rings. The van der Waals surface area contributed by atoms with Crippen LogP contribution in [0.4, 0.5) is 4.79 Å². The Morgan fingerprint density at radius 1 is 1.15 bits per heavy atom. The lowest BCUT2D eigenvalue weighted by molar-refractivity contribution is -0.144. The van der Waals surface area contributed by atoms with E-state index >= 15 is 0 Å². The molecule has 10 nitrogen and oxygen atoms in total. The Labute approximate surface area is 194 Å². The molecule has 2 atom stereocenters. The lowest BCUT2D eigenvalue weighted by atomic mass is 10.0. The second kappa shape index (κ2) is 12.7. The van der Waals surface area contributed by atoms with Gasteiger partial charge in [0.1, 0.15) is 30.0 Å². The summed E-state index contributed by atoms with van der Waals surface area (Å²) in [5, 5.41) is 15.4. The van der Waals surface area contributed by atoms with Crippen LogP contribution in [0.25, 0.3) is 0 Å². The summed E-state index contributed by atoms with van der Waals surface area (Å²) in [6.07, 6.45) is 0.529. The minimum Gasteiger partial charge on any atom is -0.508 e. The smallest absolute Gasteiger partial charge is 0.408 e. The van der Waals surface area contributed by atoms with Gasteiger partial charge in [0.2, 0.25) is 11.8 Å². The number of benzene rings is 1. The molecule has 1 aromatic carbocycles. The molecule has 33 heavy (non-hydrogen) atoms. The fraction of sp³-hybridized carbons (Fsp3) is 0.565. The van der Waals surface area contributed by atoms with E-state index in [0.717, 1.165) is 6.42 Å². The zero-order valence-corrected chi connectivity index (χ0v) is 20.1. The Kier molecular flexibility index (Phi) is 10.6. The molecule has 184 valence electrons. The molecule has 0 saturated heterocycles. The van der Waals surface area contributed by atoms with E-state index in [-0.39, 0.29) is 17.9 Å². The van der Waals surface area contributed by atoms with E-state index in [9.17, 15) is 24.3 Å². The van der Waals surface area contributed by atoms with Crippen LogP contribution in [-0.2, 0) is 23.9 Å². The number of aromatic hydroxyl groups is 1. The number of nitrogens with zero attached hydrogens (tertiary/aromatic N) is 1. The number of amides is 3. The van der Waals surface area contributed by atoms with Crippen molar-refractivity contribution in [2.45, 2.75) is 65.1 Å². The minimum atomic E-state index is -1.24. The van der Waals surface area contributed by atoms with Crippen LogP contribution in [-0.4, -0.2) is 65.7 Å². The van der Waals surface area contributed by atoms with Crippen LogP contribution in [0.15, 0.2) is 24.3 Å². The quantitative estimate of drug-likeness (QED) is 0.451. The summed E-state index contributed by atoms with van der Waals surface area (Å²) < 4.78 is 9.78. The zero-order valence-electron chi connectivity index (χ0n) is 20.1. The molecular formula is C23H35N3O7. The van der Waals surface area contributed by atoms with Gasteiger partial charge >= 0.3 is 12.1 Å². The number of hydrogen-bond donors (Lipinski definition) is 3. The summed E-state index contributed by atoms with van der Waals surface area (Å²) in [5.74, 6) is -2.06. The molecule has 0 fully saturated rings. The predicted molar refractivity (Wildman–Crippen MR) is 121 cm³/mol. The molecule has 0 aliphatic carbocycles. The zero-order chi connectivity index (χ0) is 25.2. The number of rotatable bonds is 10. The monoisotopic (exact) mass is 465 g/mol. The largest absolute Gasteiger partial charge is 0.508 e. The van der Waals surface area contributed by atoms with Gasteiger partial charge in [-0.25, -0.2) is 4.79 Å². The molecule has 0 aliphatic heterocycles. The van der Waals surface area contributed by atoms with Crippen molar-refractivity contribution < 1.29 is 33.8 Å². The van der Waals surface area contributed by atoms with E-state index in [1.165, 1.54) is 31.1 Å². The Morgan fingerprint density at radius 2 is 1.79 bits per heavy atom. The predicted octanol–water partition coefficient (Wildman–Crippen LogP) is 2.26. The Bertz CT molecular complexity index is 836. The van der Waals surface area contributed by atoms with Gasteiger partial charge in [-0.2, -0.15) is 0 Å².